The van der Waals surface area contributed by atoms with Crippen LogP contribution in [0.25, 0.3) is 0 Å². The third-order valence-electron chi connectivity index (χ3n) is 5.31. The molecule has 1 saturated heterocycles. The summed E-state index contributed by atoms with van der Waals surface area (Å²) in [5, 5.41) is 3.45. The molecule has 1 atom stereocenters. The van der Waals surface area contributed by atoms with Crippen molar-refractivity contribution in [3.05, 3.63) is 29.8 Å². The summed E-state index contributed by atoms with van der Waals surface area (Å²) in [7, 11) is 2.12. The van der Waals surface area contributed by atoms with Gasteiger partial charge in [0, 0.05) is 64.3 Å². The molecule has 0 spiro atoms. The molecule has 166 valence electrons. The number of likely N-dealkylation sites (N-methyl/N-ethyl adjacent to an activating group) is 1. The van der Waals surface area contributed by atoms with E-state index in [0.717, 1.165) is 32.1 Å². The highest BCUT2D eigenvalue weighted by Crippen LogP contribution is 2.15. The number of nitrogens with zero attached hydrogens (tertiary/aromatic N) is 4. The zero-order chi connectivity index (χ0) is 20.4. The summed E-state index contributed by atoms with van der Waals surface area (Å²) < 4.78 is 0. The zero-order valence-corrected chi connectivity index (χ0v) is 22.0. The second-order valence-electron chi connectivity index (χ2n) is 7.74. The maximum atomic E-state index is 4.93. The second kappa shape index (κ2) is 14.5. The molecular formula is C22H40IN5S. The fraction of sp³-hybridized carbons (Fsp3) is 0.682. The van der Waals surface area contributed by atoms with Crippen LogP contribution in [0.1, 0.15) is 26.3 Å². The molecule has 0 amide bonds. The molecule has 1 aliphatic rings. The van der Waals surface area contributed by atoms with Crippen LogP contribution in [0.4, 0.5) is 0 Å². The number of hydrogen-bond donors (Lipinski definition) is 1. The van der Waals surface area contributed by atoms with E-state index in [4.69, 9.17) is 4.99 Å². The maximum Gasteiger partial charge on any atom is 0.193 e. The van der Waals surface area contributed by atoms with Crippen LogP contribution >= 0.6 is 35.7 Å². The summed E-state index contributed by atoms with van der Waals surface area (Å²) in [6.45, 7) is 16.4. The molecule has 5 nitrogen and oxygen atoms in total. The summed E-state index contributed by atoms with van der Waals surface area (Å²) in [5.41, 5.74) is 1.31. The van der Waals surface area contributed by atoms with E-state index in [9.17, 15) is 0 Å². The second-order valence-corrected chi connectivity index (χ2v) is 8.62. The lowest BCUT2D eigenvalue weighted by Crippen LogP contribution is -2.47. The van der Waals surface area contributed by atoms with Crippen LogP contribution in [-0.4, -0.2) is 86.3 Å². The van der Waals surface area contributed by atoms with E-state index in [1.165, 1.54) is 43.2 Å². The van der Waals surface area contributed by atoms with E-state index in [2.05, 4.69) is 78.4 Å². The molecule has 1 aliphatic heterocycles. The Labute approximate surface area is 199 Å². The summed E-state index contributed by atoms with van der Waals surface area (Å²) in [4.78, 5) is 13.6. The molecular weight excluding hydrogens is 493 g/mol. The molecule has 1 unspecified atom stereocenters. The van der Waals surface area contributed by atoms with E-state index in [-0.39, 0.29) is 24.0 Å². The lowest BCUT2D eigenvalue weighted by atomic mass is 10.1. The monoisotopic (exact) mass is 533 g/mol. The van der Waals surface area contributed by atoms with E-state index >= 15 is 0 Å². The van der Waals surface area contributed by atoms with Crippen molar-refractivity contribution in [3.63, 3.8) is 0 Å². The Morgan fingerprint density at radius 1 is 1.14 bits per heavy atom. The summed E-state index contributed by atoms with van der Waals surface area (Å²) >= 11 is 1.78. The highest BCUT2D eigenvalue weighted by Gasteiger charge is 2.17. The molecule has 2 rings (SSSR count). The number of halogens is 1. The Morgan fingerprint density at radius 2 is 1.76 bits per heavy atom. The first-order valence-corrected chi connectivity index (χ1v) is 11.8. The van der Waals surface area contributed by atoms with Crippen LogP contribution in [0, 0.1) is 5.92 Å². The standard InChI is InChI=1S/C22H39N5S.HI/c1-6-23-22(25(4)18-20-8-10-21(28-5)11-9-20)24-16-19(3)17-27-14-12-26(7-2)13-15-27;/h8-11,19H,6-7,12-18H2,1-5H3,(H,23,24);1H. The van der Waals surface area contributed by atoms with Gasteiger partial charge in [-0.05, 0) is 43.3 Å². The number of rotatable bonds is 9. The topological polar surface area (TPSA) is 34.1 Å². The minimum absolute atomic E-state index is 0. The van der Waals surface area contributed by atoms with Crippen LogP contribution < -0.4 is 5.32 Å². The molecule has 1 aromatic carbocycles. The highest BCUT2D eigenvalue weighted by atomic mass is 127. The molecule has 7 heteroatoms. The van der Waals surface area contributed by atoms with Gasteiger partial charge in [0.05, 0.1) is 0 Å². The minimum Gasteiger partial charge on any atom is -0.357 e. The van der Waals surface area contributed by atoms with Crippen LogP contribution in [-0.2, 0) is 6.54 Å². The number of nitrogens with one attached hydrogen (secondary N) is 1. The van der Waals surface area contributed by atoms with Crippen LogP contribution in [0.5, 0.6) is 0 Å². The number of guanidine groups is 1. The Bertz CT molecular complexity index is 587. The average molecular weight is 534 g/mol. The van der Waals surface area contributed by atoms with Gasteiger partial charge in [-0.1, -0.05) is 26.0 Å². The summed E-state index contributed by atoms with van der Waals surface area (Å²) in [6, 6.07) is 8.81. The first-order chi connectivity index (χ1) is 13.5. The predicted molar refractivity (Wildman–Crippen MR) is 139 cm³/mol. The van der Waals surface area contributed by atoms with Gasteiger partial charge in [-0.25, -0.2) is 0 Å². The molecule has 1 fully saturated rings. The number of piperazine rings is 1. The smallest absolute Gasteiger partial charge is 0.193 e. The Hall–Kier alpha value is -0.510. The zero-order valence-electron chi connectivity index (χ0n) is 18.9. The van der Waals surface area contributed by atoms with Crippen molar-refractivity contribution in [2.45, 2.75) is 32.2 Å². The molecule has 0 aromatic heterocycles. The van der Waals surface area contributed by atoms with Crippen molar-refractivity contribution < 1.29 is 0 Å². The van der Waals surface area contributed by atoms with Crippen LogP contribution in [0.3, 0.4) is 0 Å². The van der Waals surface area contributed by atoms with Crippen molar-refractivity contribution in [2.24, 2.45) is 10.9 Å². The third kappa shape index (κ3) is 9.44. The van der Waals surface area contributed by atoms with Gasteiger partial charge < -0.3 is 20.0 Å². The number of hydrogen-bond acceptors (Lipinski definition) is 4. The van der Waals surface area contributed by atoms with E-state index in [0.29, 0.717) is 5.92 Å². The molecule has 0 bridgehead atoms. The van der Waals surface area contributed by atoms with Crippen molar-refractivity contribution in [1.82, 2.24) is 20.0 Å². The molecule has 29 heavy (non-hydrogen) atoms. The number of thioether (sulfide) groups is 1. The van der Waals surface area contributed by atoms with Gasteiger partial charge >= 0.3 is 0 Å². The number of benzene rings is 1. The van der Waals surface area contributed by atoms with E-state index in [1.54, 1.807) is 11.8 Å². The Morgan fingerprint density at radius 3 is 2.31 bits per heavy atom. The lowest BCUT2D eigenvalue weighted by molar-refractivity contribution is 0.125. The molecule has 1 aromatic rings. The largest absolute Gasteiger partial charge is 0.357 e. The Balaban J connectivity index is 0.00000420. The molecule has 0 aliphatic carbocycles. The van der Waals surface area contributed by atoms with Gasteiger partial charge in [-0.15, -0.1) is 35.7 Å². The molecule has 1 heterocycles. The molecule has 0 radical (unpaired) electrons. The van der Waals surface area contributed by atoms with Gasteiger partial charge in [0.2, 0.25) is 0 Å². The van der Waals surface area contributed by atoms with Gasteiger partial charge in [-0.3, -0.25) is 4.99 Å². The van der Waals surface area contributed by atoms with Gasteiger partial charge in [0.15, 0.2) is 5.96 Å². The lowest BCUT2D eigenvalue weighted by Gasteiger charge is -2.35. The van der Waals surface area contributed by atoms with Crippen molar-refractivity contribution in [2.75, 3.05) is 65.7 Å². The van der Waals surface area contributed by atoms with Crippen molar-refractivity contribution in [3.8, 4) is 0 Å². The quantitative estimate of drug-likeness (QED) is 0.227. The Kier molecular flexibility index (Phi) is 13.3. The maximum absolute atomic E-state index is 4.93. The SMILES string of the molecule is CCNC(=NCC(C)CN1CCN(CC)CC1)N(C)Cc1ccc(SC)cc1.I. The van der Waals surface area contributed by atoms with Crippen molar-refractivity contribution >= 4 is 41.7 Å². The minimum atomic E-state index is 0. The number of aliphatic imine (C=N–C) groups is 1. The van der Waals surface area contributed by atoms with Gasteiger partial charge in [0.25, 0.3) is 0 Å². The van der Waals surface area contributed by atoms with E-state index in [1.807, 2.05) is 0 Å². The predicted octanol–water partition coefficient (Wildman–Crippen LogP) is 3.70. The summed E-state index contributed by atoms with van der Waals surface area (Å²) in [5.74, 6) is 1.56. The molecule has 0 saturated carbocycles. The average Bonchev–Trinajstić information content (AvgIpc) is 2.72. The molecule has 1 N–H and O–H groups in total. The first kappa shape index (κ1) is 26.5. The van der Waals surface area contributed by atoms with Gasteiger partial charge in [-0.2, -0.15) is 0 Å². The highest BCUT2D eigenvalue weighted by molar-refractivity contribution is 14.0. The third-order valence-corrected chi connectivity index (χ3v) is 6.05. The fourth-order valence-electron chi connectivity index (χ4n) is 3.58. The first-order valence-electron chi connectivity index (χ1n) is 10.6. The van der Waals surface area contributed by atoms with Crippen molar-refractivity contribution in [1.29, 1.82) is 0 Å². The van der Waals surface area contributed by atoms with E-state index < -0.39 is 0 Å². The van der Waals surface area contributed by atoms with Crippen LogP contribution in [0.2, 0.25) is 0 Å². The fourth-order valence-corrected chi connectivity index (χ4v) is 3.99. The summed E-state index contributed by atoms with van der Waals surface area (Å²) in [6.07, 6.45) is 2.11. The van der Waals surface area contributed by atoms with Gasteiger partial charge in [0.1, 0.15) is 0 Å². The van der Waals surface area contributed by atoms with Crippen LogP contribution in [0.15, 0.2) is 34.2 Å². The normalized spacial score (nSPS) is 16.9.